The third-order valence-electron chi connectivity index (χ3n) is 4.98. The quantitative estimate of drug-likeness (QED) is 0.444. The minimum Gasteiger partial charge on any atom is -0.508 e. The molecule has 2 aliphatic heterocycles. The van der Waals surface area contributed by atoms with Crippen LogP contribution in [0.25, 0.3) is 6.08 Å². The molecule has 30 heavy (non-hydrogen) atoms. The molecule has 3 heterocycles. The van der Waals surface area contributed by atoms with E-state index in [1.54, 1.807) is 35.7 Å². The number of aliphatic imine (C=N–C) groups is 1. The predicted octanol–water partition coefficient (Wildman–Crippen LogP) is 3.95. The van der Waals surface area contributed by atoms with Crippen LogP contribution in [0.4, 0.5) is 10.8 Å². The Morgan fingerprint density at radius 3 is 3.00 bits per heavy atom. The normalized spacial score (nSPS) is 19.7. The molecule has 0 radical (unpaired) electrons. The molecule has 0 atom stereocenters. The number of carbonyl (C=O) groups is 1. The average Bonchev–Trinajstić information content (AvgIpc) is 3.45. The van der Waals surface area contributed by atoms with Crippen molar-refractivity contribution in [3.63, 3.8) is 0 Å². The van der Waals surface area contributed by atoms with Gasteiger partial charge in [0, 0.05) is 12.7 Å². The number of phenolic OH excluding ortho intramolecular Hbond substituents is 1. The molecule has 9 heteroatoms. The highest BCUT2D eigenvalue weighted by Gasteiger charge is 2.24. The number of hydrogen-bond acceptors (Lipinski definition) is 8. The fourth-order valence-electron chi connectivity index (χ4n) is 3.42. The minimum atomic E-state index is -0.163. The first kappa shape index (κ1) is 20.9. The number of aromatic nitrogens is 1. The smallest absolute Gasteiger partial charge is 0.264 e. The number of aromatic hydroxyl groups is 1. The summed E-state index contributed by atoms with van der Waals surface area (Å²) in [7, 11) is 0. The van der Waals surface area contributed by atoms with Crippen LogP contribution < -0.4 is 10.6 Å². The Morgan fingerprint density at radius 2 is 2.20 bits per heavy atom. The maximum atomic E-state index is 12.3. The number of likely N-dealkylation sites (tertiary alicyclic amines) is 1. The van der Waals surface area contributed by atoms with Crippen molar-refractivity contribution in [1.82, 2.24) is 15.2 Å². The van der Waals surface area contributed by atoms with Gasteiger partial charge in [0.2, 0.25) is 0 Å². The van der Waals surface area contributed by atoms with E-state index in [0.29, 0.717) is 10.1 Å². The molecule has 2 fully saturated rings. The van der Waals surface area contributed by atoms with Crippen LogP contribution in [0.5, 0.6) is 5.75 Å². The number of amidine groups is 1. The number of anilines is 1. The number of benzene rings is 1. The summed E-state index contributed by atoms with van der Waals surface area (Å²) in [4.78, 5) is 25.2. The Bertz CT molecular complexity index is 980. The monoisotopic (exact) mass is 443 g/mol. The first-order valence-electron chi connectivity index (χ1n) is 10.1. The number of phenols is 1. The zero-order valence-electron chi connectivity index (χ0n) is 16.9. The second-order valence-electron chi connectivity index (χ2n) is 7.35. The summed E-state index contributed by atoms with van der Waals surface area (Å²) in [5, 5.41) is 17.1. The lowest BCUT2D eigenvalue weighted by molar-refractivity contribution is -0.115. The van der Waals surface area contributed by atoms with Gasteiger partial charge in [-0.25, -0.2) is 9.98 Å². The largest absolute Gasteiger partial charge is 0.508 e. The molecular weight excluding hydrogens is 418 g/mol. The van der Waals surface area contributed by atoms with E-state index >= 15 is 0 Å². The van der Waals surface area contributed by atoms with Gasteiger partial charge in [0.25, 0.3) is 5.91 Å². The third-order valence-corrected chi connectivity index (χ3v) is 6.79. The number of carbonyl (C=O) groups excluding carboxylic acids is 1. The van der Waals surface area contributed by atoms with E-state index in [9.17, 15) is 9.90 Å². The standard InChI is InChI=1S/C21H25N5O2S2/c1-14-11-15(27)5-6-17(14)24-21-25-19(28)18(30-21)12-16-13-23-20(29-16)22-7-4-10-26-8-2-3-9-26/h5-6,11-13,27H,2-4,7-10H2,1H3,(H,22,23)(H,24,25,28)/b18-12-. The third kappa shape index (κ3) is 5.41. The summed E-state index contributed by atoms with van der Waals surface area (Å²) in [6.07, 6.45) is 7.38. The van der Waals surface area contributed by atoms with E-state index in [4.69, 9.17) is 0 Å². The first-order chi connectivity index (χ1) is 14.6. The number of amides is 1. The van der Waals surface area contributed by atoms with E-state index < -0.39 is 0 Å². The molecule has 4 rings (SSSR count). The highest BCUT2D eigenvalue weighted by atomic mass is 32.2. The summed E-state index contributed by atoms with van der Waals surface area (Å²) in [5.74, 6) is 0.0366. The van der Waals surface area contributed by atoms with Crippen LogP contribution in [-0.2, 0) is 4.79 Å². The lowest BCUT2D eigenvalue weighted by Gasteiger charge is -2.13. The van der Waals surface area contributed by atoms with Crippen molar-refractivity contribution in [2.75, 3.05) is 31.5 Å². The lowest BCUT2D eigenvalue weighted by atomic mass is 10.2. The van der Waals surface area contributed by atoms with Crippen LogP contribution in [0.2, 0.25) is 0 Å². The van der Waals surface area contributed by atoms with Gasteiger partial charge in [-0.1, -0.05) is 11.3 Å². The van der Waals surface area contributed by atoms with Crippen molar-refractivity contribution in [3.8, 4) is 5.75 Å². The van der Waals surface area contributed by atoms with Crippen molar-refractivity contribution in [2.45, 2.75) is 26.2 Å². The summed E-state index contributed by atoms with van der Waals surface area (Å²) >= 11 is 2.85. The molecule has 158 valence electrons. The van der Waals surface area contributed by atoms with Gasteiger partial charge in [0.15, 0.2) is 10.3 Å². The molecule has 0 unspecified atom stereocenters. The Labute approximate surface area is 184 Å². The first-order valence-corrected chi connectivity index (χ1v) is 11.7. The highest BCUT2D eigenvalue weighted by molar-refractivity contribution is 8.18. The van der Waals surface area contributed by atoms with Gasteiger partial charge >= 0.3 is 0 Å². The summed E-state index contributed by atoms with van der Waals surface area (Å²) in [6, 6.07) is 4.97. The number of thiazole rings is 1. The zero-order chi connectivity index (χ0) is 20.9. The van der Waals surface area contributed by atoms with E-state index in [-0.39, 0.29) is 11.7 Å². The van der Waals surface area contributed by atoms with Crippen LogP contribution >= 0.6 is 23.1 Å². The maximum Gasteiger partial charge on any atom is 0.264 e. The molecule has 1 aromatic heterocycles. The molecule has 1 amide bonds. The SMILES string of the molecule is Cc1cc(O)ccc1N=C1NC(=O)/C(=C/c2cnc(NCCCN3CCCC3)s2)S1. The molecule has 2 aromatic rings. The molecule has 1 aromatic carbocycles. The fourth-order valence-corrected chi connectivity index (χ4v) is 5.11. The minimum absolute atomic E-state index is 0.163. The van der Waals surface area contributed by atoms with Gasteiger partial charge in [-0.3, -0.25) is 4.79 Å². The van der Waals surface area contributed by atoms with Gasteiger partial charge in [0.05, 0.1) is 15.5 Å². The van der Waals surface area contributed by atoms with Crippen LogP contribution in [0.3, 0.4) is 0 Å². The number of rotatable bonds is 7. The second kappa shape index (κ2) is 9.63. The van der Waals surface area contributed by atoms with Gasteiger partial charge in [0.1, 0.15) is 5.75 Å². The fraction of sp³-hybridized carbons (Fsp3) is 0.381. The molecule has 2 saturated heterocycles. The number of thioether (sulfide) groups is 1. The summed E-state index contributed by atoms with van der Waals surface area (Å²) in [6.45, 7) is 6.36. The Kier molecular flexibility index (Phi) is 6.71. The summed E-state index contributed by atoms with van der Waals surface area (Å²) in [5.41, 5.74) is 1.56. The molecule has 0 aliphatic carbocycles. The molecular formula is C21H25N5O2S2. The van der Waals surface area contributed by atoms with Crippen LogP contribution in [0.1, 0.15) is 29.7 Å². The Balaban J connectivity index is 1.33. The Hall–Kier alpha value is -2.36. The number of aryl methyl sites for hydroxylation is 1. The van der Waals surface area contributed by atoms with Gasteiger partial charge < -0.3 is 20.6 Å². The molecule has 0 bridgehead atoms. The number of hydrogen-bond donors (Lipinski definition) is 3. The molecule has 7 nitrogen and oxygen atoms in total. The summed E-state index contributed by atoms with van der Waals surface area (Å²) < 4.78 is 0. The van der Waals surface area contributed by atoms with E-state index in [0.717, 1.165) is 40.8 Å². The van der Waals surface area contributed by atoms with Gasteiger partial charge in [-0.2, -0.15) is 0 Å². The van der Waals surface area contributed by atoms with Crippen LogP contribution in [0.15, 0.2) is 34.3 Å². The maximum absolute atomic E-state index is 12.3. The van der Waals surface area contributed by atoms with Crippen molar-refractivity contribution < 1.29 is 9.90 Å². The molecule has 3 N–H and O–H groups in total. The lowest BCUT2D eigenvalue weighted by Crippen LogP contribution is -2.22. The van der Waals surface area contributed by atoms with Gasteiger partial charge in [-0.15, -0.1) is 0 Å². The van der Waals surface area contributed by atoms with E-state index in [1.165, 1.54) is 37.7 Å². The van der Waals surface area contributed by atoms with Crippen molar-refractivity contribution >= 4 is 51.1 Å². The van der Waals surface area contributed by atoms with Crippen LogP contribution in [0, 0.1) is 6.92 Å². The topological polar surface area (TPSA) is 89.9 Å². The highest BCUT2D eigenvalue weighted by Crippen LogP contribution is 2.31. The molecule has 2 aliphatic rings. The van der Waals surface area contributed by atoms with Crippen LogP contribution in [-0.4, -0.2) is 52.2 Å². The molecule has 0 saturated carbocycles. The Morgan fingerprint density at radius 1 is 1.37 bits per heavy atom. The van der Waals surface area contributed by atoms with Gasteiger partial charge in [-0.05, 0) is 87.4 Å². The van der Waals surface area contributed by atoms with Crippen molar-refractivity contribution in [3.05, 3.63) is 39.7 Å². The predicted molar refractivity (Wildman–Crippen MR) is 125 cm³/mol. The van der Waals surface area contributed by atoms with E-state index in [1.807, 2.05) is 13.0 Å². The van der Waals surface area contributed by atoms with Crippen molar-refractivity contribution in [2.24, 2.45) is 4.99 Å². The zero-order valence-corrected chi connectivity index (χ0v) is 18.5. The molecule has 0 spiro atoms. The second-order valence-corrected chi connectivity index (χ2v) is 9.44. The average molecular weight is 444 g/mol. The van der Waals surface area contributed by atoms with E-state index in [2.05, 4.69) is 25.5 Å². The van der Waals surface area contributed by atoms with Crippen molar-refractivity contribution in [1.29, 1.82) is 0 Å². The number of nitrogens with zero attached hydrogens (tertiary/aromatic N) is 3. The number of nitrogens with one attached hydrogen (secondary N) is 2.